The molecule has 0 unspecified atom stereocenters. The Morgan fingerprint density at radius 1 is 0.955 bits per heavy atom. The molecule has 0 aliphatic rings. The molecule has 22 heavy (non-hydrogen) atoms. The molecule has 1 heterocycles. The van der Waals surface area contributed by atoms with Gasteiger partial charge < -0.3 is 5.11 Å². The molecule has 2 aromatic carbocycles. The van der Waals surface area contributed by atoms with E-state index in [1.54, 1.807) is 9.13 Å². The van der Waals surface area contributed by atoms with E-state index in [1.807, 2.05) is 74.5 Å². The van der Waals surface area contributed by atoms with Crippen LogP contribution in [-0.2, 0) is 0 Å². The zero-order valence-electron chi connectivity index (χ0n) is 12.5. The van der Waals surface area contributed by atoms with Crippen molar-refractivity contribution in [2.24, 2.45) is 0 Å². The Balaban J connectivity index is 2.36. The smallest absolute Gasteiger partial charge is 0.420 e. The zero-order valence-corrected chi connectivity index (χ0v) is 12.5. The van der Waals surface area contributed by atoms with Gasteiger partial charge in [0.05, 0.1) is 0 Å². The minimum absolute atomic E-state index is 0.229. The van der Waals surface area contributed by atoms with E-state index in [9.17, 15) is 9.90 Å². The van der Waals surface area contributed by atoms with Crippen LogP contribution in [0.1, 0.15) is 22.0 Å². The largest absolute Gasteiger partial charge is 0.472 e. The minimum Gasteiger partial charge on any atom is -0.472 e. The van der Waals surface area contributed by atoms with Crippen molar-refractivity contribution in [3.63, 3.8) is 0 Å². The van der Waals surface area contributed by atoms with Crippen molar-refractivity contribution >= 4 is 5.97 Å². The molecule has 0 saturated heterocycles. The van der Waals surface area contributed by atoms with Crippen LogP contribution in [0.5, 0.6) is 0 Å². The highest BCUT2D eigenvalue weighted by atomic mass is 16.4. The number of rotatable bonds is 3. The van der Waals surface area contributed by atoms with Crippen LogP contribution in [0.3, 0.4) is 0 Å². The van der Waals surface area contributed by atoms with E-state index >= 15 is 0 Å². The number of hydrogen-bond donors (Lipinski definition) is 1. The molecule has 0 atom stereocenters. The first kappa shape index (κ1) is 14.1. The van der Waals surface area contributed by atoms with Crippen LogP contribution in [0.2, 0.25) is 0 Å². The molecule has 0 amide bonds. The van der Waals surface area contributed by atoms with E-state index in [0.29, 0.717) is 0 Å². The summed E-state index contributed by atoms with van der Waals surface area (Å²) in [6.45, 7) is 3.88. The van der Waals surface area contributed by atoms with Gasteiger partial charge in [0.1, 0.15) is 22.8 Å². The number of nitrogens with zero attached hydrogens (tertiary/aromatic N) is 2. The molecule has 4 nitrogen and oxygen atoms in total. The second-order valence-corrected chi connectivity index (χ2v) is 5.14. The Morgan fingerprint density at radius 3 is 2.05 bits per heavy atom. The normalized spacial score (nSPS) is 10.6. The Hall–Kier alpha value is -2.88. The first-order chi connectivity index (χ1) is 10.6. The predicted octanol–water partition coefficient (Wildman–Crippen LogP) is 3.07. The van der Waals surface area contributed by atoms with Gasteiger partial charge in [-0.1, -0.05) is 36.4 Å². The highest BCUT2D eigenvalue weighted by Gasteiger charge is 2.33. The second-order valence-electron chi connectivity index (χ2n) is 5.14. The first-order valence-electron chi connectivity index (χ1n) is 7.09. The number of benzene rings is 2. The third-order valence-corrected chi connectivity index (χ3v) is 3.84. The lowest BCUT2D eigenvalue weighted by atomic mass is 10.3. The third-order valence-electron chi connectivity index (χ3n) is 3.84. The summed E-state index contributed by atoms with van der Waals surface area (Å²) in [5.41, 5.74) is 3.50. The fourth-order valence-electron chi connectivity index (χ4n) is 2.72. The van der Waals surface area contributed by atoms with Gasteiger partial charge in [-0.3, -0.25) is 0 Å². The van der Waals surface area contributed by atoms with Crippen molar-refractivity contribution in [2.75, 3.05) is 0 Å². The maximum Gasteiger partial charge on any atom is 0.420 e. The predicted molar refractivity (Wildman–Crippen MR) is 83.7 cm³/mol. The fourth-order valence-corrected chi connectivity index (χ4v) is 2.72. The number of carboxylic acids is 1. The van der Waals surface area contributed by atoms with Crippen LogP contribution >= 0.6 is 0 Å². The lowest BCUT2D eigenvalue weighted by molar-refractivity contribution is -0.604. The number of hydrogen-bond acceptors (Lipinski definition) is 1. The molecule has 0 radical (unpaired) electrons. The third kappa shape index (κ3) is 2.19. The van der Waals surface area contributed by atoms with Gasteiger partial charge in [0.25, 0.3) is 0 Å². The molecule has 110 valence electrons. The molecule has 0 aliphatic heterocycles. The van der Waals surface area contributed by atoms with Crippen LogP contribution in [0.15, 0.2) is 60.7 Å². The van der Waals surface area contributed by atoms with E-state index in [2.05, 4.69) is 0 Å². The Morgan fingerprint density at radius 2 is 1.50 bits per heavy atom. The Kier molecular flexibility index (Phi) is 3.51. The van der Waals surface area contributed by atoms with E-state index in [1.165, 1.54) is 0 Å². The fraction of sp³-hybridized carbons (Fsp3) is 0.111. The standard InChI is InChI=1S/C18H16N2O2/c1-13-14(2)20(16-11-7-4-8-12-16)17(18(21)22)19(13)15-9-5-3-6-10-15/h3-12H,1-2H3/p+1. The monoisotopic (exact) mass is 293 g/mol. The lowest BCUT2D eigenvalue weighted by Gasteiger charge is -2.02. The maximum absolute atomic E-state index is 11.9. The molecular formula is C18H17N2O2+. The average Bonchev–Trinajstić information content (AvgIpc) is 2.81. The topological polar surface area (TPSA) is 46.1 Å². The number of carboxylic acid groups (broad SMARTS) is 1. The van der Waals surface area contributed by atoms with Crippen LogP contribution in [0, 0.1) is 13.8 Å². The molecule has 0 bridgehead atoms. The maximum atomic E-state index is 11.9. The molecule has 1 aromatic heterocycles. The summed E-state index contributed by atoms with van der Waals surface area (Å²) in [6.07, 6.45) is 0. The molecule has 4 heteroatoms. The van der Waals surface area contributed by atoms with E-state index in [0.717, 1.165) is 22.8 Å². The van der Waals surface area contributed by atoms with Gasteiger partial charge in [0, 0.05) is 13.8 Å². The highest BCUT2D eigenvalue weighted by Crippen LogP contribution is 2.18. The van der Waals surface area contributed by atoms with Gasteiger partial charge in [0.2, 0.25) is 0 Å². The quantitative estimate of drug-likeness (QED) is 0.754. The summed E-state index contributed by atoms with van der Waals surface area (Å²) in [6, 6.07) is 19.1. The van der Waals surface area contributed by atoms with Crippen LogP contribution in [0.25, 0.3) is 11.4 Å². The molecule has 0 saturated carbocycles. The summed E-state index contributed by atoms with van der Waals surface area (Å²) in [5.74, 6) is -0.726. The van der Waals surface area contributed by atoms with Crippen LogP contribution < -0.4 is 4.57 Å². The van der Waals surface area contributed by atoms with Crippen molar-refractivity contribution in [1.29, 1.82) is 0 Å². The average molecular weight is 293 g/mol. The number of imidazole rings is 1. The number of carbonyl (C=O) groups is 1. The molecule has 0 spiro atoms. The Labute approximate surface area is 128 Å². The van der Waals surface area contributed by atoms with Gasteiger partial charge >= 0.3 is 11.8 Å². The van der Waals surface area contributed by atoms with Gasteiger partial charge in [-0.25, -0.2) is 4.79 Å². The van der Waals surface area contributed by atoms with Crippen molar-refractivity contribution in [3.8, 4) is 11.4 Å². The number of aromatic carboxylic acids is 1. The van der Waals surface area contributed by atoms with Gasteiger partial charge in [-0.2, -0.15) is 9.13 Å². The van der Waals surface area contributed by atoms with E-state index < -0.39 is 5.97 Å². The summed E-state index contributed by atoms with van der Waals surface area (Å²) in [7, 11) is 0. The summed E-state index contributed by atoms with van der Waals surface area (Å²) in [4.78, 5) is 11.9. The highest BCUT2D eigenvalue weighted by molar-refractivity contribution is 5.83. The van der Waals surface area contributed by atoms with Crippen molar-refractivity contribution < 1.29 is 14.5 Å². The molecule has 3 aromatic rings. The van der Waals surface area contributed by atoms with E-state index in [-0.39, 0.29) is 5.82 Å². The molecular weight excluding hydrogens is 276 g/mol. The second kappa shape index (κ2) is 5.48. The van der Waals surface area contributed by atoms with Crippen molar-refractivity contribution in [3.05, 3.63) is 77.9 Å². The number of aromatic nitrogens is 2. The lowest BCUT2D eigenvalue weighted by Crippen LogP contribution is -2.39. The van der Waals surface area contributed by atoms with E-state index in [4.69, 9.17) is 0 Å². The Bertz CT molecular complexity index is 758. The van der Waals surface area contributed by atoms with Gasteiger partial charge in [-0.15, -0.1) is 0 Å². The molecule has 0 fully saturated rings. The minimum atomic E-state index is -0.955. The molecule has 1 N–H and O–H groups in total. The van der Waals surface area contributed by atoms with Gasteiger partial charge in [-0.05, 0) is 24.3 Å². The summed E-state index contributed by atoms with van der Waals surface area (Å²) < 4.78 is 3.56. The first-order valence-corrected chi connectivity index (χ1v) is 7.09. The van der Waals surface area contributed by atoms with Crippen LogP contribution in [-0.4, -0.2) is 15.6 Å². The summed E-state index contributed by atoms with van der Waals surface area (Å²) >= 11 is 0. The number of para-hydroxylation sites is 2. The summed E-state index contributed by atoms with van der Waals surface area (Å²) in [5, 5.41) is 9.77. The SMILES string of the molecule is Cc1c(C)[n+](-c2ccccc2)c(C(=O)O)n1-c1ccccc1. The molecule has 3 rings (SSSR count). The zero-order chi connectivity index (χ0) is 15.7. The van der Waals surface area contributed by atoms with Crippen molar-refractivity contribution in [2.45, 2.75) is 13.8 Å². The molecule has 0 aliphatic carbocycles. The van der Waals surface area contributed by atoms with Crippen molar-refractivity contribution in [1.82, 2.24) is 4.57 Å². The van der Waals surface area contributed by atoms with Gasteiger partial charge in [0.15, 0.2) is 0 Å². The van der Waals surface area contributed by atoms with Crippen LogP contribution in [0.4, 0.5) is 0 Å².